The van der Waals surface area contributed by atoms with Crippen LogP contribution in [0, 0.1) is 6.92 Å². The number of amides is 2. The summed E-state index contributed by atoms with van der Waals surface area (Å²) >= 11 is 7.38. The van der Waals surface area contributed by atoms with Gasteiger partial charge in [0.1, 0.15) is 5.75 Å². The van der Waals surface area contributed by atoms with E-state index >= 15 is 0 Å². The Bertz CT molecular complexity index is 1100. The molecule has 0 spiro atoms. The fraction of sp³-hybridized carbons (Fsp3) is 0.273. The van der Waals surface area contributed by atoms with E-state index in [2.05, 4.69) is 20.8 Å². The molecule has 1 aromatic heterocycles. The Balaban J connectivity index is 1.56. The number of anilines is 1. The maximum Gasteiger partial charge on any atom is 0.251 e. The van der Waals surface area contributed by atoms with E-state index in [9.17, 15) is 9.59 Å². The quantitative estimate of drug-likeness (QED) is 0.457. The highest BCUT2D eigenvalue weighted by Crippen LogP contribution is 2.21. The van der Waals surface area contributed by atoms with Crippen molar-refractivity contribution in [2.45, 2.75) is 32.1 Å². The van der Waals surface area contributed by atoms with Crippen LogP contribution in [0.1, 0.15) is 28.7 Å². The number of halogens is 1. The summed E-state index contributed by atoms with van der Waals surface area (Å²) in [5, 5.41) is 15.2. The molecule has 168 valence electrons. The highest BCUT2D eigenvalue weighted by atomic mass is 35.5. The summed E-state index contributed by atoms with van der Waals surface area (Å²) < 4.78 is 6.97. The lowest BCUT2D eigenvalue weighted by molar-refractivity contribution is -0.113. The minimum Gasteiger partial charge on any atom is -0.497 e. The summed E-state index contributed by atoms with van der Waals surface area (Å²) in [4.78, 5) is 24.7. The highest BCUT2D eigenvalue weighted by molar-refractivity contribution is 7.99. The van der Waals surface area contributed by atoms with Gasteiger partial charge in [0, 0.05) is 22.8 Å². The number of hydrogen-bond donors (Lipinski definition) is 2. The van der Waals surface area contributed by atoms with Crippen molar-refractivity contribution in [2.24, 2.45) is 0 Å². The molecular weight excluding hydrogens is 450 g/mol. The molecule has 2 N–H and O–H groups in total. The molecule has 32 heavy (non-hydrogen) atoms. The van der Waals surface area contributed by atoms with Crippen molar-refractivity contribution >= 4 is 40.9 Å². The van der Waals surface area contributed by atoms with Gasteiger partial charge >= 0.3 is 0 Å². The monoisotopic (exact) mass is 473 g/mol. The molecule has 0 aliphatic carbocycles. The van der Waals surface area contributed by atoms with E-state index in [0.29, 0.717) is 39.5 Å². The molecule has 3 rings (SSSR count). The van der Waals surface area contributed by atoms with Crippen molar-refractivity contribution in [3.63, 3.8) is 0 Å². The number of aryl methyl sites for hydroxylation is 1. The van der Waals surface area contributed by atoms with Crippen LogP contribution < -0.4 is 15.4 Å². The van der Waals surface area contributed by atoms with Gasteiger partial charge in [-0.25, -0.2) is 0 Å². The molecule has 3 aromatic rings. The molecule has 2 amide bonds. The number of carbonyl (C=O) groups is 2. The first-order chi connectivity index (χ1) is 15.4. The Labute approximate surface area is 195 Å². The van der Waals surface area contributed by atoms with Crippen molar-refractivity contribution in [1.82, 2.24) is 20.1 Å². The average Bonchev–Trinajstić information content (AvgIpc) is 3.20. The number of ether oxygens (including phenoxy) is 1. The minimum atomic E-state index is -0.219. The summed E-state index contributed by atoms with van der Waals surface area (Å²) in [5.74, 6) is 1.08. The standard InChI is InChI=1S/C22H24ClN5O3S/c1-4-28-19(12-24-21(30)15-6-9-17(31-3)10-7-15)26-27-22(28)32-13-20(29)25-16-8-5-14(2)18(23)11-16/h5-11H,4,12-13H2,1-3H3,(H,24,30)(H,25,29). The van der Waals surface area contributed by atoms with Crippen LogP contribution in [0.5, 0.6) is 5.75 Å². The Morgan fingerprint density at radius 2 is 1.91 bits per heavy atom. The normalized spacial score (nSPS) is 10.6. The van der Waals surface area contributed by atoms with Gasteiger partial charge in [0.25, 0.3) is 5.91 Å². The van der Waals surface area contributed by atoms with Crippen molar-refractivity contribution < 1.29 is 14.3 Å². The molecule has 0 aliphatic heterocycles. The Morgan fingerprint density at radius 1 is 1.16 bits per heavy atom. The van der Waals surface area contributed by atoms with Gasteiger partial charge in [-0.05, 0) is 55.8 Å². The van der Waals surface area contributed by atoms with Crippen LogP contribution >= 0.6 is 23.4 Å². The van der Waals surface area contributed by atoms with Gasteiger partial charge in [0.05, 0.1) is 19.4 Å². The molecule has 10 heteroatoms. The maximum absolute atomic E-state index is 12.4. The van der Waals surface area contributed by atoms with Crippen LogP contribution in [-0.4, -0.2) is 39.4 Å². The Hall–Kier alpha value is -3.04. The SMILES string of the molecule is CCn1c(CNC(=O)c2ccc(OC)cc2)nnc1SCC(=O)Nc1ccc(C)c(Cl)c1. The number of hydrogen-bond acceptors (Lipinski definition) is 6. The lowest BCUT2D eigenvalue weighted by Gasteiger charge is -2.09. The van der Waals surface area contributed by atoms with E-state index in [1.807, 2.05) is 30.5 Å². The maximum atomic E-state index is 12.4. The van der Waals surface area contributed by atoms with Gasteiger partial charge in [-0.1, -0.05) is 29.4 Å². The molecule has 0 atom stereocenters. The molecule has 0 fully saturated rings. The number of carbonyl (C=O) groups excluding carboxylic acids is 2. The number of benzene rings is 2. The fourth-order valence-corrected chi connectivity index (χ4v) is 3.88. The third-order valence-electron chi connectivity index (χ3n) is 4.66. The molecular formula is C22H24ClN5O3S. The summed E-state index contributed by atoms with van der Waals surface area (Å²) in [6.07, 6.45) is 0. The van der Waals surface area contributed by atoms with Crippen LogP contribution in [0.2, 0.25) is 5.02 Å². The van der Waals surface area contributed by atoms with E-state index in [-0.39, 0.29) is 24.1 Å². The molecule has 0 saturated heterocycles. The summed E-state index contributed by atoms with van der Waals surface area (Å²) in [6, 6.07) is 12.2. The van der Waals surface area contributed by atoms with Gasteiger partial charge in [-0.15, -0.1) is 10.2 Å². The highest BCUT2D eigenvalue weighted by Gasteiger charge is 2.15. The third-order valence-corrected chi connectivity index (χ3v) is 6.03. The zero-order valence-corrected chi connectivity index (χ0v) is 19.6. The van der Waals surface area contributed by atoms with Gasteiger partial charge in [-0.2, -0.15) is 0 Å². The molecule has 0 radical (unpaired) electrons. The van der Waals surface area contributed by atoms with E-state index in [0.717, 1.165) is 5.56 Å². The van der Waals surface area contributed by atoms with E-state index in [4.69, 9.17) is 16.3 Å². The zero-order chi connectivity index (χ0) is 23.1. The predicted octanol–water partition coefficient (Wildman–Crippen LogP) is 3.93. The Morgan fingerprint density at radius 3 is 2.56 bits per heavy atom. The van der Waals surface area contributed by atoms with Crippen LogP contribution in [0.15, 0.2) is 47.6 Å². The third kappa shape index (κ3) is 6.02. The topological polar surface area (TPSA) is 98.1 Å². The van der Waals surface area contributed by atoms with E-state index < -0.39 is 0 Å². The zero-order valence-electron chi connectivity index (χ0n) is 18.0. The second-order valence-corrected chi connectivity index (χ2v) is 8.20. The number of nitrogens with zero attached hydrogens (tertiary/aromatic N) is 3. The average molecular weight is 474 g/mol. The van der Waals surface area contributed by atoms with E-state index in [1.165, 1.54) is 11.8 Å². The van der Waals surface area contributed by atoms with Crippen molar-refractivity contribution in [2.75, 3.05) is 18.2 Å². The van der Waals surface area contributed by atoms with Crippen LogP contribution in [-0.2, 0) is 17.9 Å². The molecule has 0 bridgehead atoms. The van der Waals surface area contributed by atoms with E-state index in [1.54, 1.807) is 37.4 Å². The van der Waals surface area contributed by atoms with Gasteiger partial charge in [0.15, 0.2) is 11.0 Å². The van der Waals surface area contributed by atoms with Crippen molar-refractivity contribution in [3.05, 3.63) is 64.4 Å². The summed E-state index contributed by atoms with van der Waals surface area (Å²) in [5.41, 5.74) is 2.11. The smallest absolute Gasteiger partial charge is 0.251 e. The van der Waals surface area contributed by atoms with Gasteiger partial charge < -0.3 is 19.9 Å². The fourth-order valence-electron chi connectivity index (χ4n) is 2.88. The van der Waals surface area contributed by atoms with Crippen molar-refractivity contribution in [1.29, 1.82) is 0 Å². The number of aromatic nitrogens is 3. The molecule has 0 unspecified atom stereocenters. The molecule has 0 saturated carbocycles. The number of methoxy groups -OCH3 is 1. The molecule has 8 nitrogen and oxygen atoms in total. The first kappa shape index (κ1) is 23.6. The molecule has 1 heterocycles. The second-order valence-electron chi connectivity index (χ2n) is 6.86. The lowest BCUT2D eigenvalue weighted by Crippen LogP contribution is -2.24. The van der Waals surface area contributed by atoms with Crippen LogP contribution in [0.3, 0.4) is 0 Å². The Kier molecular flexibility index (Phi) is 8.13. The molecule has 0 aliphatic rings. The molecule has 2 aromatic carbocycles. The number of thioether (sulfide) groups is 1. The van der Waals surface area contributed by atoms with Gasteiger partial charge in [-0.3, -0.25) is 9.59 Å². The first-order valence-electron chi connectivity index (χ1n) is 9.94. The number of nitrogens with one attached hydrogen (secondary N) is 2. The minimum absolute atomic E-state index is 0.168. The summed E-state index contributed by atoms with van der Waals surface area (Å²) in [6.45, 7) is 4.69. The van der Waals surface area contributed by atoms with Crippen LogP contribution in [0.25, 0.3) is 0 Å². The predicted molar refractivity (Wildman–Crippen MR) is 125 cm³/mol. The van der Waals surface area contributed by atoms with Crippen LogP contribution in [0.4, 0.5) is 5.69 Å². The summed E-state index contributed by atoms with van der Waals surface area (Å²) in [7, 11) is 1.57. The largest absolute Gasteiger partial charge is 0.497 e. The van der Waals surface area contributed by atoms with Gasteiger partial charge in [0.2, 0.25) is 5.91 Å². The second kappa shape index (κ2) is 11.0. The lowest BCUT2D eigenvalue weighted by atomic mass is 10.2. The first-order valence-corrected chi connectivity index (χ1v) is 11.3. The van der Waals surface area contributed by atoms with Crippen molar-refractivity contribution in [3.8, 4) is 5.75 Å². The number of rotatable bonds is 9.